The average Bonchev–Trinajstić information content (AvgIpc) is 2.78. The second-order valence-corrected chi connectivity index (χ2v) is 4.60. The van der Waals surface area contributed by atoms with Crippen molar-refractivity contribution < 1.29 is 8.78 Å². The predicted molar refractivity (Wildman–Crippen MR) is 69.7 cm³/mol. The molecule has 2 rings (SSSR count). The Hall–Kier alpha value is -1.75. The fraction of sp³-hybridized carbons (Fsp3) is 0.357. The van der Waals surface area contributed by atoms with E-state index < -0.39 is 11.6 Å². The van der Waals surface area contributed by atoms with Crippen LogP contribution in [0.5, 0.6) is 0 Å². The number of nitrogens with one attached hydrogen (secondary N) is 1. The van der Waals surface area contributed by atoms with Gasteiger partial charge < -0.3 is 5.32 Å². The van der Waals surface area contributed by atoms with Crippen molar-refractivity contribution in [3.8, 4) is 0 Å². The van der Waals surface area contributed by atoms with E-state index in [1.165, 1.54) is 6.07 Å². The number of aryl methyl sites for hydroxylation is 1. The molecule has 0 radical (unpaired) electrons. The Kier molecular flexibility index (Phi) is 4.27. The van der Waals surface area contributed by atoms with Crippen LogP contribution in [-0.2, 0) is 6.54 Å². The Morgan fingerprint density at radius 3 is 2.84 bits per heavy atom. The van der Waals surface area contributed by atoms with E-state index in [1.54, 1.807) is 12.3 Å². The first-order valence-electron chi connectivity index (χ1n) is 6.24. The van der Waals surface area contributed by atoms with E-state index in [4.69, 9.17) is 0 Å². The molecule has 0 aliphatic heterocycles. The second kappa shape index (κ2) is 5.93. The summed E-state index contributed by atoms with van der Waals surface area (Å²) in [5.74, 6) is -1.59. The van der Waals surface area contributed by atoms with E-state index in [1.807, 2.05) is 24.7 Å². The predicted octanol–water partition coefficient (Wildman–Crippen LogP) is 2.82. The third-order valence-electron chi connectivity index (χ3n) is 3.00. The molecule has 102 valence electrons. The molecule has 0 saturated carbocycles. The highest BCUT2D eigenvalue weighted by Gasteiger charge is 2.13. The number of hydrogen-bond donors (Lipinski definition) is 1. The van der Waals surface area contributed by atoms with Crippen molar-refractivity contribution in [3.63, 3.8) is 0 Å². The number of hydrogen-bond acceptors (Lipinski definition) is 2. The molecule has 0 bridgehead atoms. The Morgan fingerprint density at radius 2 is 2.16 bits per heavy atom. The van der Waals surface area contributed by atoms with Gasteiger partial charge in [0.1, 0.15) is 0 Å². The van der Waals surface area contributed by atoms with E-state index >= 15 is 0 Å². The minimum Gasteiger partial charge on any atom is -0.308 e. The molecule has 0 fully saturated rings. The molecule has 1 aromatic carbocycles. The Labute approximate surface area is 111 Å². The van der Waals surface area contributed by atoms with Crippen molar-refractivity contribution >= 4 is 0 Å². The van der Waals surface area contributed by atoms with Crippen LogP contribution < -0.4 is 5.32 Å². The summed E-state index contributed by atoms with van der Waals surface area (Å²) in [5.41, 5.74) is 1.45. The highest BCUT2D eigenvalue weighted by Crippen LogP contribution is 2.18. The summed E-state index contributed by atoms with van der Waals surface area (Å²) in [7, 11) is 0. The molecular formula is C14H17F2N3. The monoisotopic (exact) mass is 265 g/mol. The van der Waals surface area contributed by atoms with Gasteiger partial charge in [-0.2, -0.15) is 5.10 Å². The van der Waals surface area contributed by atoms with E-state index in [0.717, 1.165) is 11.6 Å². The molecule has 19 heavy (non-hydrogen) atoms. The number of aromatic nitrogens is 2. The zero-order valence-corrected chi connectivity index (χ0v) is 11.0. The van der Waals surface area contributed by atoms with E-state index in [-0.39, 0.29) is 6.04 Å². The topological polar surface area (TPSA) is 29.9 Å². The molecule has 5 heteroatoms. The standard InChI is InChI=1S/C14H17F2N3/c1-10-8-18-19(9-10)7-6-17-11(2)12-4-3-5-13(15)14(12)16/h3-5,8-9,11,17H,6-7H2,1-2H3. The molecule has 2 aromatic rings. The van der Waals surface area contributed by atoms with Crippen LogP contribution in [-0.4, -0.2) is 16.3 Å². The zero-order valence-electron chi connectivity index (χ0n) is 11.0. The highest BCUT2D eigenvalue weighted by atomic mass is 19.2. The molecule has 0 aliphatic rings. The van der Waals surface area contributed by atoms with Gasteiger partial charge in [-0.05, 0) is 25.5 Å². The van der Waals surface area contributed by atoms with Crippen molar-refractivity contribution in [1.82, 2.24) is 15.1 Å². The van der Waals surface area contributed by atoms with E-state index in [0.29, 0.717) is 18.7 Å². The largest absolute Gasteiger partial charge is 0.308 e. The second-order valence-electron chi connectivity index (χ2n) is 4.60. The van der Waals surface area contributed by atoms with Crippen LogP contribution in [0.3, 0.4) is 0 Å². The quantitative estimate of drug-likeness (QED) is 0.901. The third-order valence-corrected chi connectivity index (χ3v) is 3.00. The lowest BCUT2D eigenvalue weighted by molar-refractivity contribution is 0.461. The molecule has 1 heterocycles. The van der Waals surface area contributed by atoms with Crippen molar-refractivity contribution in [2.24, 2.45) is 0 Å². The number of rotatable bonds is 5. The molecular weight excluding hydrogens is 248 g/mol. The van der Waals surface area contributed by atoms with Crippen LogP contribution in [0, 0.1) is 18.6 Å². The Bertz CT molecular complexity index is 551. The average molecular weight is 265 g/mol. The maximum absolute atomic E-state index is 13.6. The molecule has 0 saturated heterocycles. The first kappa shape index (κ1) is 13.7. The molecule has 1 aromatic heterocycles. The molecule has 1 atom stereocenters. The van der Waals surface area contributed by atoms with Gasteiger partial charge in [0.25, 0.3) is 0 Å². The van der Waals surface area contributed by atoms with E-state index in [2.05, 4.69) is 10.4 Å². The fourth-order valence-corrected chi connectivity index (χ4v) is 1.95. The molecule has 3 nitrogen and oxygen atoms in total. The van der Waals surface area contributed by atoms with Crippen LogP contribution in [0.25, 0.3) is 0 Å². The van der Waals surface area contributed by atoms with Gasteiger partial charge in [-0.1, -0.05) is 12.1 Å². The molecule has 1 N–H and O–H groups in total. The summed E-state index contributed by atoms with van der Waals surface area (Å²) in [6.07, 6.45) is 3.73. The molecule has 0 spiro atoms. The number of benzene rings is 1. The van der Waals surface area contributed by atoms with Crippen LogP contribution in [0.2, 0.25) is 0 Å². The summed E-state index contributed by atoms with van der Waals surface area (Å²) in [4.78, 5) is 0. The van der Waals surface area contributed by atoms with Gasteiger partial charge in [-0.3, -0.25) is 4.68 Å². The van der Waals surface area contributed by atoms with Crippen LogP contribution in [0.4, 0.5) is 8.78 Å². The minimum absolute atomic E-state index is 0.243. The lowest BCUT2D eigenvalue weighted by Crippen LogP contribution is -2.24. The zero-order chi connectivity index (χ0) is 13.8. The maximum Gasteiger partial charge on any atom is 0.163 e. The summed E-state index contributed by atoms with van der Waals surface area (Å²) < 4.78 is 28.5. The van der Waals surface area contributed by atoms with Crippen molar-refractivity contribution in [3.05, 3.63) is 53.4 Å². The van der Waals surface area contributed by atoms with Crippen LogP contribution in [0.1, 0.15) is 24.1 Å². The smallest absolute Gasteiger partial charge is 0.163 e. The van der Waals surface area contributed by atoms with Crippen molar-refractivity contribution in [2.75, 3.05) is 6.54 Å². The molecule has 1 unspecified atom stereocenters. The van der Waals surface area contributed by atoms with Gasteiger partial charge >= 0.3 is 0 Å². The Morgan fingerprint density at radius 1 is 1.37 bits per heavy atom. The maximum atomic E-state index is 13.6. The normalized spacial score (nSPS) is 12.6. The number of halogens is 2. The minimum atomic E-state index is -0.811. The molecule has 0 amide bonds. The van der Waals surface area contributed by atoms with Gasteiger partial charge in [0.2, 0.25) is 0 Å². The molecule has 0 aliphatic carbocycles. The van der Waals surface area contributed by atoms with Gasteiger partial charge in [-0.25, -0.2) is 8.78 Å². The van der Waals surface area contributed by atoms with Gasteiger partial charge in [0.15, 0.2) is 11.6 Å². The van der Waals surface area contributed by atoms with Gasteiger partial charge in [0, 0.05) is 24.3 Å². The van der Waals surface area contributed by atoms with Crippen molar-refractivity contribution in [1.29, 1.82) is 0 Å². The lowest BCUT2D eigenvalue weighted by atomic mass is 10.1. The summed E-state index contributed by atoms with van der Waals surface area (Å²) >= 11 is 0. The van der Waals surface area contributed by atoms with Crippen molar-refractivity contribution in [2.45, 2.75) is 26.4 Å². The first-order chi connectivity index (χ1) is 9.08. The lowest BCUT2D eigenvalue weighted by Gasteiger charge is -2.15. The fourth-order valence-electron chi connectivity index (χ4n) is 1.95. The van der Waals surface area contributed by atoms with Gasteiger partial charge in [0.05, 0.1) is 12.7 Å². The summed E-state index contributed by atoms with van der Waals surface area (Å²) in [6.45, 7) is 5.11. The Balaban J connectivity index is 1.90. The van der Waals surface area contributed by atoms with E-state index in [9.17, 15) is 8.78 Å². The first-order valence-corrected chi connectivity index (χ1v) is 6.24. The summed E-state index contributed by atoms with van der Waals surface area (Å²) in [6, 6.07) is 3.99. The number of nitrogens with zero attached hydrogens (tertiary/aromatic N) is 2. The third kappa shape index (κ3) is 3.38. The summed E-state index contributed by atoms with van der Waals surface area (Å²) in [5, 5.41) is 7.32. The SMILES string of the molecule is Cc1cnn(CCNC(C)c2cccc(F)c2F)c1. The highest BCUT2D eigenvalue weighted by molar-refractivity contribution is 5.21. The van der Waals surface area contributed by atoms with Gasteiger partial charge in [-0.15, -0.1) is 0 Å². The van der Waals surface area contributed by atoms with Crippen LogP contribution in [0.15, 0.2) is 30.6 Å². The van der Waals surface area contributed by atoms with Crippen LogP contribution >= 0.6 is 0 Å².